The van der Waals surface area contributed by atoms with Gasteiger partial charge >= 0.3 is 0 Å². The van der Waals surface area contributed by atoms with Gasteiger partial charge in [-0.15, -0.1) is 0 Å². The molecule has 1 atom stereocenters. The highest BCUT2D eigenvalue weighted by Gasteiger charge is 2.18. The standard InChI is InChI=1S/C20H27N5S/c1-14-9-11-25(12-10-14)18-13-15(2)21-19(23-18)24-20(26)22-16(3)17-7-5-4-6-8-17/h4-8,13-14,16H,9-12H2,1-3H3,(H2,21,22,23,24,26)/t16-/m1/s1. The molecule has 5 nitrogen and oxygen atoms in total. The number of nitrogens with one attached hydrogen (secondary N) is 2. The van der Waals surface area contributed by atoms with Crippen LogP contribution < -0.4 is 15.5 Å². The van der Waals surface area contributed by atoms with Crippen LogP contribution in [-0.2, 0) is 0 Å². The van der Waals surface area contributed by atoms with Crippen LogP contribution in [0.4, 0.5) is 11.8 Å². The lowest BCUT2D eigenvalue weighted by atomic mass is 9.99. The Kier molecular flexibility index (Phi) is 6.04. The number of aromatic nitrogens is 2. The van der Waals surface area contributed by atoms with Gasteiger partial charge in [-0.05, 0) is 50.4 Å². The molecule has 2 N–H and O–H groups in total. The Bertz CT molecular complexity index is 741. The number of anilines is 2. The van der Waals surface area contributed by atoms with E-state index in [1.165, 1.54) is 18.4 Å². The van der Waals surface area contributed by atoms with Crippen molar-refractivity contribution in [2.75, 3.05) is 23.3 Å². The third-order valence-electron chi connectivity index (χ3n) is 4.82. The van der Waals surface area contributed by atoms with Gasteiger partial charge in [0.25, 0.3) is 0 Å². The van der Waals surface area contributed by atoms with Gasteiger partial charge in [-0.2, -0.15) is 4.98 Å². The zero-order valence-electron chi connectivity index (χ0n) is 15.7. The van der Waals surface area contributed by atoms with Crippen LogP contribution in [0.1, 0.15) is 44.0 Å². The van der Waals surface area contributed by atoms with Crippen molar-refractivity contribution in [2.45, 2.75) is 39.7 Å². The fourth-order valence-electron chi connectivity index (χ4n) is 3.17. The van der Waals surface area contributed by atoms with Crippen LogP contribution in [0.3, 0.4) is 0 Å². The van der Waals surface area contributed by atoms with E-state index in [1.807, 2.05) is 31.2 Å². The zero-order chi connectivity index (χ0) is 18.5. The van der Waals surface area contributed by atoms with E-state index in [0.29, 0.717) is 11.1 Å². The Morgan fingerprint density at radius 2 is 1.88 bits per heavy atom. The molecule has 0 radical (unpaired) electrons. The molecule has 1 aromatic carbocycles. The van der Waals surface area contributed by atoms with Crippen molar-refractivity contribution in [1.82, 2.24) is 15.3 Å². The van der Waals surface area contributed by atoms with Gasteiger partial charge in [0.1, 0.15) is 5.82 Å². The predicted molar refractivity (Wildman–Crippen MR) is 112 cm³/mol. The maximum absolute atomic E-state index is 5.45. The van der Waals surface area contributed by atoms with Crippen molar-refractivity contribution in [2.24, 2.45) is 5.92 Å². The van der Waals surface area contributed by atoms with Crippen LogP contribution in [0.2, 0.25) is 0 Å². The van der Waals surface area contributed by atoms with Crippen LogP contribution in [0.5, 0.6) is 0 Å². The van der Waals surface area contributed by atoms with Crippen molar-refractivity contribution in [3.63, 3.8) is 0 Å². The van der Waals surface area contributed by atoms with Crippen molar-refractivity contribution < 1.29 is 0 Å². The minimum Gasteiger partial charge on any atom is -0.356 e. The second kappa shape index (κ2) is 8.45. The van der Waals surface area contributed by atoms with Crippen molar-refractivity contribution >= 4 is 29.1 Å². The number of hydrogen-bond donors (Lipinski definition) is 2. The first kappa shape index (κ1) is 18.6. The summed E-state index contributed by atoms with van der Waals surface area (Å²) in [7, 11) is 0. The van der Waals surface area contributed by atoms with Crippen molar-refractivity contribution in [3.8, 4) is 0 Å². The predicted octanol–water partition coefficient (Wildman–Crippen LogP) is 4.07. The SMILES string of the molecule is Cc1cc(N2CCC(C)CC2)nc(NC(=S)N[C@H](C)c2ccccc2)n1. The summed E-state index contributed by atoms with van der Waals surface area (Å²) in [5, 5.41) is 6.97. The van der Waals surface area contributed by atoms with E-state index in [4.69, 9.17) is 12.2 Å². The highest BCUT2D eigenvalue weighted by molar-refractivity contribution is 7.80. The largest absolute Gasteiger partial charge is 0.356 e. The molecule has 1 aliphatic heterocycles. The lowest BCUT2D eigenvalue weighted by Gasteiger charge is -2.31. The molecule has 2 aromatic rings. The molecule has 1 aliphatic rings. The topological polar surface area (TPSA) is 53.1 Å². The number of thiocarbonyl (C=S) groups is 1. The van der Waals surface area contributed by atoms with E-state index < -0.39 is 0 Å². The minimum absolute atomic E-state index is 0.115. The van der Waals surface area contributed by atoms with E-state index in [0.717, 1.165) is 30.5 Å². The molecule has 138 valence electrons. The maximum Gasteiger partial charge on any atom is 0.231 e. The second-order valence-corrected chi connectivity index (χ2v) is 7.50. The second-order valence-electron chi connectivity index (χ2n) is 7.09. The highest BCUT2D eigenvalue weighted by Crippen LogP contribution is 2.22. The molecule has 0 bridgehead atoms. The number of benzene rings is 1. The molecule has 0 spiro atoms. The van der Waals surface area contributed by atoms with Crippen LogP contribution in [-0.4, -0.2) is 28.2 Å². The fourth-order valence-corrected chi connectivity index (χ4v) is 3.43. The molecule has 1 aromatic heterocycles. The van der Waals surface area contributed by atoms with E-state index in [2.05, 4.69) is 51.5 Å². The lowest BCUT2D eigenvalue weighted by Crippen LogP contribution is -2.34. The summed E-state index contributed by atoms with van der Waals surface area (Å²) in [5.74, 6) is 2.32. The molecule has 0 saturated carbocycles. The first-order valence-corrected chi connectivity index (χ1v) is 9.65. The molecule has 0 amide bonds. The Labute approximate surface area is 161 Å². The van der Waals surface area contributed by atoms with Gasteiger partial charge in [0.05, 0.1) is 6.04 Å². The van der Waals surface area contributed by atoms with Crippen LogP contribution in [0.25, 0.3) is 0 Å². The van der Waals surface area contributed by atoms with Gasteiger partial charge in [-0.1, -0.05) is 37.3 Å². The molecular weight excluding hydrogens is 342 g/mol. The number of rotatable bonds is 4. The first-order valence-electron chi connectivity index (χ1n) is 9.24. The van der Waals surface area contributed by atoms with Gasteiger partial charge < -0.3 is 15.5 Å². The van der Waals surface area contributed by atoms with E-state index in [-0.39, 0.29) is 6.04 Å². The number of hydrogen-bond acceptors (Lipinski definition) is 4. The molecule has 0 aliphatic carbocycles. The number of piperidine rings is 1. The molecule has 2 heterocycles. The summed E-state index contributed by atoms with van der Waals surface area (Å²) >= 11 is 5.45. The Balaban J connectivity index is 1.64. The molecule has 6 heteroatoms. The summed E-state index contributed by atoms with van der Waals surface area (Å²) in [6, 6.07) is 12.4. The monoisotopic (exact) mass is 369 g/mol. The first-order chi connectivity index (χ1) is 12.5. The lowest BCUT2D eigenvalue weighted by molar-refractivity contribution is 0.436. The summed E-state index contributed by atoms with van der Waals surface area (Å²) in [6.07, 6.45) is 2.42. The van der Waals surface area contributed by atoms with E-state index in [1.54, 1.807) is 0 Å². The fraction of sp³-hybridized carbons (Fsp3) is 0.450. The van der Waals surface area contributed by atoms with Crippen molar-refractivity contribution in [3.05, 3.63) is 47.7 Å². The zero-order valence-corrected chi connectivity index (χ0v) is 16.5. The Morgan fingerprint density at radius 3 is 2.58 bits per heavy atom. The van der Waals surface area contributed by atoms with Gasteiger partial charge in [0.15, 0.2) is 5.11 Å². The Hall–Kier alpha value is -2.21. The minimum atomic E-state index is 0.115. The summed E-state index contributed by atoms with van der Waals surface area (Å²) in [4.78, 5) is 11.5. The molecule has 1 fully saturated rings. The number of aryl methyl sites for hydroxylation is 1. The molecule has 3 rings (SSSR count). The average Bonchev–Trinajstić information content (AvgIpc) is 2.62. The maximum atomic E-state index is 5.45. The van der Waals surface area contributed by atoms with Crippen LogP contribution in [0.15, 0.2) is 36.4 Å². The quantitative estimate of drug-likeness (QED) is 0.793. The molecule has 1 saturated heterocycles. The summed E-state index contributed by atoms with van der Waals surface area (Å²) < 4.78 is 0. The average molecular weight is 370 g/mol. The van der Waals surface area contributed by atoms with Gasteiger partial charge in [-0.3, -0.25) is 0 Å². The van der Waals surface area contributed by atoms with Crippen molar-refractivity contribution in [1.29, 1.82) is 0 Å². The van der Waals surface area contributed by atoms with Gasteiger partial charge in [0, 0.05) is 24.8 Å². The van der Waals surface area contributed by atoms with Gasteiger partial charge in [0.2, 0.25) is 5.95 Å². The third kappa shape index (κ3) is 4.91. The molecular formula is C20H27N5S. The van der Waals surface area contributed by atoms with E-state index in [9.17, 15) is 0 Å². The Morgan fingerprint density at radius 1 is 1.19 bits per heavy atom. The molecule has 26 heavy (non-hydrogen) atoms. The van der Waals surface area contributed by atoms with Gasteiger partial charge in [-0.25, -0.2) is 4.98 Å². The van der Waals surface area contributed by atoms with Crippen LogP contribution in [0, 0.1) is 12.8 Å². The van der Waals surface area contributed by atoms with Crippen LogP contribution >= 0.6 is 12.2 Å². The highest BCUT2D eigenvalue weighted by atomic mass is 32.1. The smallest absolute Gasteiger partial charge is 0.231 e. The number of nitrogens with zero attached hydrogens (tertiary/aromatic N) is 3. The summed E-state index contributed by atoms with van der Waals surface area (Å²) in [6.45, 7) is 8.48. The summed E-state index contributed by atoms with van der Waals surface area (Å²) in [5.41, 5.74) is 2.12. The third-order valence-corrected chi connectivity index (χ3v) is 5.04. The van der Waals surface area contributed by atoms with E-state index >= 15 is 0 Å². The molecule has 0 unspecified atom stereocenters. The normalized spacial score (nSPS) is 16.2.